The molecule has 1 atom stereocenters. The molecule has 1 saturated carbocycles. The quantitative estimate of drug-likeness (QED) is 0.0353. The molecular weight excluding hydrogens is 771 g/mol. The summed E-state index contributed by atoms with van der Waals surface area (Å²) in [5.74, 6) is -2.23. The van der Waals surface area contributed by atoms with E-state index in [4.69, 9.17) is 28.4 Å². The van der Waals surface area contributed by atoms with Gasteiger partial charge in [-0.25, -0.2) is 4.79 Å². The summed E-state index contributed by atoms with van der Waals surface area (Å²) in [5.41, 5.74) is 0. The number of nitrogens with zero attached hydrogens (tertiary/aromatic N) is 1. The first-order valence-electron chi connectivity index (χ1n) is 24.0. The molecule has 13 heteroatoms. The van der Waals surface area contributed by atoms with E-state index in [1.807, 2.05) is 0 Å². The number of unbranched alkanes of at least 4 members (excludes halogenated alkanes) is 13. The maximum absolute atomic E-state index is 12.9. The van der Waals surface area contributed by atoms with Gasteiger partial charge in [0.25, 0.3) is 0 Å². The second-order valence-corrected chi connectivity index (χ2v) is 16.7. The zero-order valence-electron chi connectivity index (χ0n) is 38.1. The first kappa shape index (κ1) is 55.1. The summed E-state index contributed by atoms with van der Waals surface area (Å²) >= 11 is 0. The third-order valence-electron chi connectivity index (χ3n) is 11.1. The molecule has 1 aliphatic rings. The van der Waals surface area contributed by atoms with E-state index < -0.39 is 18.0 Å². The minimum absolute atomic E-state index is 0.0307. The highest BCUT2D eigenvalue weighted by Gasteiger charge is 2.23. The summed E-state index contributed by atoms with van der Waals surface area (Å²) < 4.78 is 33.0. The molecule has 0 radical (unpaired) electrons. The molecule has 350 valence electrons. The van der Waals surface area contributed by atoms with Crippen LogP contribution < -0.4 is 0 Å². The van der Waals surface area contributed by atoms with E-state index in [9.17, 15) is 29.1 Å². The summed E-state index contributed by atoms with van der Waals surface area (Å²) in [4.78, 5) is 65.1. The Kier molecular flexibility index (Phi) is 35.8. The Balaban J connectivity index is 2.68. The normalized spacial score (nSPS) is 13.6. The van der Waals surface area contributed by atoms with Crippen LogP contribution in [-0.2, 0) is 47.6 Å². The predicted octanol–water partition coefficient (Wildman–Crippen LogP) is 9.81. The fourth-order valence-electron chi connectivity index (χ4n) is 7.35. The Hall–Kier alpha value is -2.93. The van der Waals surface area contributed by atoms with Crippen LogP contribution in [0.15, 0.2) is 0 Å². The smallest absolute Gasteiger partial charge is 0.465 e. The third kappa shape index (κ3) is 31.9. The van der Waals surface area contributed by atoms with E-state index >= 15 is 0 Å². The molecule has 0 spiro atoms. The van der Waals surface area contributed by atoms with E-state index in [1.165, 1.54) is 12.8 Å². The van der Waals surface area contributed by atoms with Crippen molar-refractivity contribution < 1.29 is 57.5 Å². The van der Waals surface area contributed by atoms with Crippen molar-refractivity contribution in [2.45, 2.75) is 200 Å². The number of aliphatic hydroxyl groups excluding tert-OH is 1. The lowest BCUT2D eigenvalue weighted by Gasteiger charge is -2.33. The number of aliphatic hydroxyl groups is 1. The second-order valence-electron chi connectivity index (χ2n) is 16.7. The van der Waals surface area contributed by atoms with Gasteiger partial charge in [0, 0.05) is 50.7 Å². The first-order chi connectivity index (χ1) is 29.2. The highest BCUT2D eigenvalue weighted by molar-refractivity contribution is 5.70. The minimum atomic E-state index is -0.863. The fourth-order valence-corrected chi connectivity index (χ4v) is 7.35. The molecule has 0 amide bonds. The van der Waals surface area contributed by atoms with Gasteiger partial charge in [0.2, 0.25) is 0 Å². The monoisotopic (exact) mass is 856 g/mol. The molecule has 1 rings (SSSR count). The van der Waals surface area contributed by atoms with Gasteiger partial charge in [0.1, 0.15) is 26.4 Å². The van der Waals surface area contributed by atoms with Gasteiger partial charge in [-0.3, -0.25) is 24.1 Å². The van der Waals surface area contributed by atoms with E-state index in [0.29, 0.717) is 44.8 Å². The SMILES string of the molecule is CCCCCCCCC(=O)OCC(COC(=O)CCCC(COC(=O)CCCCCCC)COC(=O)CCCCCCC)COC(=O)OCCN(CCO)C1CCCCC1. The number of hydrogen-bond donors (Lipinski definition) is 1. The van der Waals surface area contributed by atoms with E-state index in [1.54, 1.807) is 0 Å². The number of esters is 4. The van der Waals surface area contributed by atoms with Crippen LogP contribution in [0.5, 0.6) is 0 Å². The lowest BCUT2D eigenvalue weighted by molar-refractivity contribution is -0.152. The lowest BCUT2D eigenvalue weighted by atomic mass is 9.94. The molecule has 60 heavy (non-hydrogen) atoms. The van der Waals surface area contributed by atoms with Crippen molar-refractivity contribution >= 4 is 30.0 Å². The van der Waals surface area contributed by atoms with Crippen LogP contribution in [0, 0.1) is 11.8 Å². The third-order valence-corrected chi connectivity index (χ3v) is 11.1. The number of hydrogen-bond acceptors (Lipinski definition) is 13. The zero-order valence-corrected chi connectivity index (χ0v) is 38.1. The number of carbonyl (C=O) groups is 5. The lowest BCUT2D eigenvalue weighted by Crippen LogP contribution is -2.41. The Morgan fingerprint density at radius 1 is 0.483 bits per heavy atom. The van der Waals surface area contributed by atoms with Crippen molar-refractivity contribution in [1.29, 1.82) is 0 Å². The molecule has 0 saturated heterocycles. The number of rotatable bonds is 39. The molecule has 0 aliphatic heterocycles. The van der Waals surface area contributed by atoms with Crippen molar-refractivity contribution in [1.82, 2.24) is 4.90 Å². The second kappa shape index (κ2) is 39.0. The van der Waals surface area contributed by atoms with Crippen LogP contribution >= 0.6 is 0 Å². The minimum Gasteiger partial charge on any atom is -0.465 e. The van der Waals surface area contributed by atoms with Crippen molar-refractivity contribution in [3.8, 4) is 0 Å². The molecule has 0 bridgehead atoms. The zero-order chi connectivity index (χ0) is 43.9. The summed E-state index contributed by atoms with van der Waals surface area (Å²) in [5, 5.41) is 9.55. The van der Waals surface area contributed by atoms with Crippen LogP contribution in [0.1, 0.15) is 194 Å². The molecule has 1 fully saturated rings. The van der Waals surface area contributed by atoms with Crippen molar-refractivity contribution in [3.63, 3.8) is 0 Å². The Labute approximate surface area is 363 Å². The average molecular weight is 856 g/mol. The maximum Gasteiger partial charge on any atom is 0.508 e. The van der Waals surface area contributed by atoms with Gasteiger partial charge in [-0.05, 0) is 44.9 Å². The highest BCUT2D eigenvalue weighted by atomic mass is 16.7. The maximum atomic E-state index is 12.9. The topological polar surface area (TPSA) is 164 Å². The Morgan fingerprint density at radius 3 is 1.33 bits per heavy atom. The van der Waals surface area contributed by atoms with Crippen LogP contribution in [0.2, 0.25) is 0 Å². The molecule has 0 aromatic heterocycles. The van der Waals surface area contributed by atoms with E-state index in [2.05, 4.69) is 25.7 Å². The standard InChI is InChI=1S/C47H85NO12/c1-4-7-10-13-16-22-29-45(52)58-37-41(39-60-47(54)55-34-32-48(31-33-49)42-25-18-17-19-26-42)38-59-46(53)30-23-24-40(35-56-43(50)27-20-14-11-8-5-2)36-57-44(51)28-21-15-12-9-6-3/h40-42,49H,4-39H2,1-3H3. The average Bonchev–Trinajstić information content (AvgIpc) is 3.25. The predicted molar refractivity (Wildman–Crippen MR) is 232 cm³/mol. The van der Waals surface area contributed by atoms with Gasteiger partial charge in [0.05, 0.1) is 25.7 Å². The van der Waals surface area contributed by atoms with Crippen molar-refractivity contribution in [3.05, 3.63) is 0 Å². The molecule has 0 aromatic rings. The van der Waals surface area contributed by atoms with Crippen LogP contribution in [-0.4, -0.2) is 105 Å². The largest absolute Gasteiger partial charge is 0.508 e. The number of ether oxygens (including phenoxy) is 6. The fraction of sp³-hybridized carbons (Fsp3) is 0.894. The summed E-state index contributed by atoms with van der Waals surface area (Å²) in [6.07, 6.45) is 23.2. The van der Waals surface area contributed by atoms with Crippen LogP contribution in [0.3, 0.4) is 0 Å². The van der Waals surface area contributed by atoms with E-state index in [-0.39, 0.29) is 82.9 Å². The van der Waals surface area contributed by atoms with E-state index in [0.717, 1.165) is 122 Å². The van der Waals surface area contributed by atoms with Gasteiger partial charge < -0.3 is 33.5 Å². The van der Waals surface area contributed by atoms with Gasteiger partial charge in [-0.1, -0.05) is 124 Å². The first-order valence-corrected chi connectivity index (χ1v) is 24.0. The molecule has 1 N–H and O–H groups in total. The van der Waals surface area contributed by atoms with Crippen LogP contribution in [0.4, 0.5) is 4.79 Å². The molecule has 1 aliphatic carbocycles. The van der Waals surface area contributed by atoms with Gasteiger partial charge in [0.15, 0.2) is 0 Å². The van der Waals surface area contributed by atoms with Crippen molar-refractivity contribution in [2.24, 2.45) is 11.8 Å². The van der Waals surface area contributed by atoms with Crippen molar-refractivity contribution in [2.75, 3.05) is 59.3 Å². The number of carbonyl (C=O) groups excluding carboxylic acids is 5. The summed E-state index contributed by atoms with van der Waals surface area (Å²) in [7, 11) is 0. The Bertz CT molecular complexity index is 1070. The molecular formula is C47H85NO12. The molecule has 0 aromatic carbocycles. The summed E-state index contributed by atoms with van der Waals surface area (Å²) in [6, 6.07) is 0.362. The van der Waals surface area contributed by atoms with Crippen LogP contribution in [0.25, 0.3) is 0 Å². The van der Waals surface area contributed by atoms with Gasteiger partial charge in [-0.15, -0.1) is 0 Å². The molecule has 1 unspecified atom stereocenters. The van der Waals surface area contributed by atoms with Gasteiger partial charge in [-0.2, -0.15) is 0 Å². The summed E-state index contributed by atoms with van der Waals surface area (Å²) in [6.45, 7) is 7.42. The molecule has 13 nitrogen and oxygen atoms in total. The molecule has 0 heterocycles. The Morgan fingerprint density at radius 2 is 0.883 bits per heavy atom. The van der Waals surface area contributed by atoms with Gasteiger partial charge >= 0.3 is 30.0 Å². The highest BCUT2D eigenvalue weighted by Crippen LogP contribution is 2.22.